The van der Waals surface area contributed by atoms with E-state index in [2.05, 4.69) is 10.3 Å². The zero-order valence-electron chi connectivity index (χ0n) is 22.9. The molecule has 1 amide bonds. The van der Waals surface area contributed by atoms with Gasteiger partial charge < -0.3 is 15.4 Å². The van der Waals surface area contributed by atoms with Crippen LogP contribution in [0.1, 0.15) is 17.5 Å². The van der Waals surface area contributed by atoms with Crippen LogP contribution >= 0.6 is 24.2 Å². The van der Waals surface area contributed by atoms with Gasteiger partial charge in [-0.05, 0) is 48.3 Å². The first-order chi connectivity index (χ1) is 19.5. The van der Waals surface area contributed by atoms with E-state index in [-0.39, 0.29) is 30.0 Å². The predicted octanol–water partition coefficient (Wildman–Crippen LogP) is 4.11. The Kier molecular flexibility index (Phi) is 10.2. The summed E-state index contributed by atoms with van der Waals surface area (Å²) in [5.41, 5.74) is 9.21. The quantitative estimate of drug-likeness (QED) is 0.379. The second-order valence-electron chi connectivity index (χ2n) is 9.47. The van der Waals surface area contributed by atoms with Gasteiger partial charge in [-0.3, -0.25) is 14.9 Å². The smallest absolute Gasteiger partial charge is 0.250 e. The zero-order chi connectivity index (χ0) is 28.1. The van der Waals surface area contributed by atoms with Gasteiger partial charge in [-0.25, -0.2) is 9.88 Å². The summed E-state index contributed by atoms with van der Waals surface area (Å²) in [5.74, 6) is 1.99. The lowest BCUT2D eigenvalue weighted by Gasteiger charge is -2.36. The first-order valence-electron chi connectivity index (χ1n) is 13.1. The van der Waals surface area contributed by atoms with Gasteiger partial charge >= 0.3 is 0 Å². The van der Waals surface area contributed by atoms with Gasteiger partial charge in [-0.15, -0.1) is 12.4 Å². The molecule has 41 heavy (non-hydrogen) atoms. The number of rotatable bonds is 9. The highest BCUT2D eigenvalue weighted by molar-refractivity contribution is 7.98. The van der Waals surface area contributed by atoms with Gasteiger partial charge in [0.05, 0.1) is 25.5 Å². The third-order valence-electron chi connectivity index (χ3n) is 6.91. The van der Waals surface area contributed by atoms with E-state index < -0.39 is 12.1 Å². The molecule has 3 N–H and O–H groups in total. The van der Waals surface area contributed by atoms with E-state index in [4.69, 9.17) is 15.5 Å². The number of nitrogens with one attached hydrogen (secondary N) is 1. The number of halogens is 1. The van der Waals surface area contributed by atoms with E-state index in [1.54, 1.807) is 25.1 Å². The van der Waals surface area contributed by atoms with Gasteiger partial charge in [0, 0.05) is 23.9 Å². The fourth-order valence-electron chi connectivity index (χ4n) is 4.78. The van der Waals surface area contributed by atoms with Crippen molar-refractivity contribution in [2.45, 2.75) is 25.0 Å². The van der Waals surface area contributed by atoms with Crippen LogP contribution in [0.5, 0.6) is 5.75 Å². The van der Waals surface area contributed by atoms with Crippen molar-refractivity contribution in [2.75, 3.05) is 35.6 Å². The van der Waals surface area contributed by atoms with E-state index >= 15 is 0 Å². The molecule has 0 bridgehead atoms. The Labute approximate surface area is 250 Å². The van der Waals surface area contributed by atoms with Crippen LogP contribution in [0.3, 0.4) is 0 Å². The normalized spacial score (nSPS) is 16.8. The number of para-hydroxylation sites is 1. The summed E-state index contributed by atoms with van der Waals surface area (Å²) in [5, 5.41) is 3.34. The Morgan fingerprint density at radius 1 is 1.22 bits per heavy atom. The number of carbonyl (C=O) groups excluding carboxylic acids is 2. The van der Waals surface area contributed by atoms with Crippen LogP contribution < -0.4 is 25.6 Å². The number of hydrogen-bond donors (Lipinski definition) is 2. The standard InChI is InChI=1S/C30H32N6O3S.ClH/c1-39-23-13-11-20(12-14-23)24-9-6-10-26(27(24)37)35-19-32-17-21-18-33-30(34-28(21)35)36(22-7-4-3-5-8-22)29(38)25(31)15-16-40-2;/h3-14,18,25-26,32H,15-17,19,31H2,1-2H3;1H/t25-,26?;/m1./s1. The molecule has 11 heteroatoms. The minimum Gasteiger partial charge on any atom is -0.497 e. The molecule has 2 aliphatic rings. The van der Waals surface area contributed by atoms with Crippen LogP contribution in [-0.2, 0) is 16.1 Å². The van der Waals surface area contributed by atoms with E-state index in [0.717, 1.165) is 22.6 Å². The summed E-state index contributed by atoms with van der Waals surface area (Å²) in [4.78, 5) is 40.2. The molecule has 1 aromatic heterocycles. The van der Waals surface area contributed by atoms with Crippen molar-refractivity contribution in [3.8, 4) is 5.75 Å². The number of ether oxygens (including phenoxy) is 1. The van der Waals surface area contributed by atoms with Crippen molar-refractivity contribution >= 4 is 58.9 Å². The summed E-state index contributed by atoms with van der Waals surface area (Å²) < 4.78 is 5.27. The van der Waals surface area contributed by atoms with Gasteiger partial charge in [0.15, 0.2) is 5.78 Å². The zero-order valence-corrected chi connectivity index (χ0v) is 24.5. The largest absolute Gasteiger partial charge is 0.497 e. The van der Waals surface area contributed by atoms with Crippen molar-refractivity contribution < 1.29 is 14.3 Å². The Morgan fingerprint density at radius 2 is 1.98 bits per heavy atom. The summed E-state index contributed by atoms with van der Waals surface area (Å²) in [7, 11) is 1.61. The molecular weight excluding hydrogens is 560 g/mol. The molecule has 1 aliphatic heterocycles. The molecule has 3 aromatic rings. The lowest BCUT2D eigenvalue weighted by molar-refractivity contribution is -0.119. The highest BCUT2D eigenvalue weighted by atomic mass is 35.5. The number of benzene rings is 2. The molecule has 0 spiro atoms. The molecule has 0 fully saturated rings. The van der Waals surface area contributed by atoms with Crippen molar-refractivity contribution in [1.82, 2.24) is 15.3 Å². The first kappa shape index (κ1) is 30.3. The third-order valence-corrected chi connectivity index (χ3v) is 7.55. The summed E-state index contributed by atoms with van der Waals surface area (Å²) in [6.45, 7) is 0.955. The number of amides is 1. The summed E-state index contributed by atoms with van der Waals surface area (Å²) in [6, 6.07) is 15.4. The number of aromatic nitrogens is 2. The highest BCUT2D eigenvalue weighted by Crippen LogP contribution is 2.32. The Bertz CT molecular complexity index is 1430. The SMILES string of the molecule is COc1ccc(C2=CC=CC(N3CNCc4cnc(N(C(=O)[C@H](N)CCSC)c5ccccc5)nc43)C2=O)cc1.Cl. The van der Waals surface area contributed by atoms with Crippen LogP contribution in [0, 0.1) is 0 Å². The minimum absolute atomic E-state index is 0. The highest BCUT2D eigenvalue weighted by Gasteiger charge is 2.34. The van der Waals surface area contributed by atoms with Gasteiger partial charge in [0.25, 0.3) is 5.91 Å². The number of nitrogens with zero attached hydrogens (tertiary/aromatic N) is 4. The van der Waals surface area contributed by atoms with Gasteiger partial charge in [-0.2, -0.15) is 16.7 Å². The van der Waals surface area contributed by atoms with Crippen LogP contribution in [0.4, 0.5) is 17.5 Å². The number of fused-ring (bicyclic) bond motifs is 1. The van der Waals surface area contributed by atoms with Gasteiger partial charge in [0.2, 0.25) is 5.95 Å². The fourth-order valence-corrected chi connectivity index (χ4v) is 5.27. The molecule has 0 radical (unpaired) electrons. The van der Waals surface area contributed by atoms with Crippen molar-refractivity contribution in [1.29, 1.82) is 0 Å². The topological polar surface area (TPSA) is 114 Å². The average Bonchev–Trinajstić information content (AvgIpc) is 3.00. The molecule has 5 rings (SSSR count). The number of Topliss-reactive ketones (excluding diaryl/α,β-unsaturated/α-hetero) is 1. The van der Waals surface area contributed by atoms with Crippen molar-refractivity contribution in [2.24, 2.45) is 5.73 Å². The molecule has 1 unspecified atom stereocenters. The van der Waals surface area contributed by atoms with E-state index in [0.29, 0.717) is 36.7 Å². The molecule has 0 saturated heterocycles. The van der Waals surface area contributed by atoms with Crippen LogP contribution in [0.25, 0.3) is 5.57 Å². The number of nitrogens with two attached hydrogens (primary N) is 1. The molecule has 2 heterocycles. The molecule has 0 saturated carbocycles. The number of hydrogen-bond acceptors (Lipinski definition) is 9. The van der Waals surface area contributed by atoms with Crippen molar-refractivity contribution in [3.63, 3.8) is 0 Å². The number of allylic oxidation sites excluding steroid dienone is 2. The number of anilines is 3. The monoisotopic (exact) mass is 592 g/mol. The van der Waals surface area contributed by atoms with Crippen LogP contribution in [0.15, 0.2) is 79.0 Å². The van der Waals surface area contributed by atoms with Crippen LogP contribution in [0.2, 0.25) is 0 Å². The lowest BCUT2D eigenvalue weighted by Crippen LogP contribution is -2.49. The molecule has 2 atom stereocenters. The molecule has 9 nitrogen and oxygen atoms in total. The maximum Gasteiger partial charge on any atom is 0.250 e. The third kappa shape index (κ3) is 6.46. The fraction of sp³-hybridized carbons (Fsp3) is 0.267. The maximum absolute atomic E-state index is 13.8. The molecular formula is C30H33ClN6O3S. The minimum atomic E-state index is -0.704. The Morgan fingerprint density at radius 3 is 2.68 bits per heavy atom. The summed E-state index contributed by atoms with van der Waals surface area (Å²) in [6.07, 6.45) is 9.82. The number of thioether (sulfide) groups is 1. The number of carbonyl (C=O) groups is 2. The molecule has 1 aliphatic carbocycles. The first-order valence-corrected chi connectivity index (χ1v) is 14.4. The van der Waals surface area contributed by atoms with Crippen molar-refractivity contribution in [3.05, 3.63) is 90.1 Å². The van der Waals surface area contributed by atoms with Crippen LogP contribution in [-0.4, -0.2) is 59.5 Å². The molecule has 2 aromatic carbocycles. The van der Waals surface area contributed by atoms with E-state index in [9.17, 15) is 9.59 Å². The second-order valence-corrected chi connectivity index (χ2v) is 10.5. The second kappa shape index (κ2) is 13.8. The number of methoxy groups -OCH3 is 1. The summed E-state index contributed by atoms with van der Waals surface area (Å²) >= 11 is 1.64. The Balaban J connectivity index is 0.00000387. The predicted molar refractivity (Wildman–Crippen MR) is 167 cm³/mol. The molecule has 214 valence electrons. The van der Waals surface area contributed by atoms with E-state index in [1.165, 1.54) is 4.90 Å². The Hall–Kier alpha value is -3.70. The average molecular weight is 593 g/mol. The van der Waals surface area contributed by atoms with Gasteiger partial charge in [0.1, 0.15) is 17.6 Å². The maximum atomic E-state index is 13.8. The lowest BCUT2D eigenvalue weighted by atomic mass is 9.92. The number of ketones is 1. The van der Waals surface area contributed by atoms with E-state index in [1.807, 2.05) is 84.0 Å². The van der Waals surface area contributed by atoms with Gasteiger partial charge in [-0.1, -0.05) is 48.6 Å².